The second-order valence-corrected chi connectivity index (χ2v) is 7.31. The van der Waals surface area contributed by atoms with E-state index in [0.717, 1.165) is 25.7 Å². The fourth-order valence-corrected chi connectivity index (χ4v) is 4.34. The molecule has 2 heterocycles. The third-order valence-electron chi connectivity index (χ3n) is 5.83. The van der Waals surface area contributed by atoms with Gasteiger partial charge >= 0.3 is 0 Å². The Labute approximate surface area is 130 Å². The summed E-state index contributed by atoms with van der Waals surface area (Å²) in [6, 6.07) is 0.736. The van der Waals surface area contributed by atoms with Gasteiger partial charge in [-0.05, 0) is 32.7 Å². The minimum Gasteiger partial charge on any atom is -0.375 e. The summed E-state index contributed by atoms with van der Waals surface area (Å²) in [5.41, 5.74) is 0.241. The van der Waals surface area contributed by atoms with Crippen molar-refractivity contribution < 1.29 is 4.74 Å². The van der Waals surface area contributed by atoms with Crippen LogP contribution in [0.5, 0.6) is 0 Å². The van der Waals surface area contributed by atoms with Crippen LogP contribution in [0.15, 0.2) is 0 Å². The highest BCUT2D eigenvalue weighted by atomic mass is 16.5. The number of nitrogens with zero attached hydrogens (tertiary/aromatic N) is 2. The van der Waals surface area contributed by atoms with Gasteiger partial charge in [-0.1, -0.05) is 19.3 Å². The Bertz CT molecular complexity index is 306. The van der Waals surface area contributed by atoms with Crippen molar-refractivity contribution in [2.75, 3.05) is 52.9 Å². The molecule has 0 radical (unpaired) electrons. The zero-order valence-corrected chi connectivity index (χ0v) is 13.8. The van der Waals surface area contributed by atoms with Crippen LogP contribution in [0.4, 0.5) is 0 Å². The number of nitrogens with one attached hydrogen (secondary N) is 1. The lowest BCUT2D eigenvalue weighted by atomic mass is 9.78. The summed E-state index contributed by atoms with van der Waals surface area (Å²) < 4.78 is 6.24. The predicted molar refractivity (Wildman–Crippen MR) is 86.7 cm³/mol. The summed E-state index contributed by atoms with van der Waals surface area (Å²) in [4.78, 5) is 5.21. The van der Waals surface area contributed by atoms with Crippen molar-refractivity contribution in [1.29, 1.82) is 0 Å². The van der Waals surface area contributed by atoms with E-state index in [2.05, 4.69) is 22.2 Å². The van der Waals surface area contributed by atoms with Crippen molar-refractivity contribution >= 4 is 0 Å². The Balaban J connectivity index is 1.46. The molecule has 0 aromatic heterocycles. The third-order valence-corrected chi connectivity index (χ3v) is 5.83. The SMILES string of the molecule is CN(CCN1CCNCC1)C1CCOC2(CCCCC2)C1. The zero-order valence-electron chi connectivity index (χ0n) is 13.8. The van der Waals surface area contributed by atoms with Crippen LogP contribution in [-0.4, -0.2) is 74.4 Å². The van der Waals surface area contributed by atoms with Crippen LogP contribution in [0, 0.1) is 0 Å². The molecule has 4 heteroatoms. The largest absolute Gasteiger partial charge is 0.375 e. The first-order chi connectivity index (χ1) is 10.3. The highest BCUT2D eigenvalue weighted by molar-refractivity contribution is 4.92. The molecule has 1 atom stereocenters. The Morgan fingerprint density at radius 3 is 2.71 bits per heavy atom. The molecule has 1 N–H and O–H groups in total. The minimum atomic E-state index is 0.241. The van der Waals surface area contributed by atoms with E-state index < -0.39 is 0 Å². The number of ether oxygens (including phenoxy) is 1. The lowest BCUT2D eigenvalue weighted by Gasteiger charge is -2.46. The van der Waals surface area contributed by atoms with Crippen molar-refractivity contribution in [2.24, 2.45) is 0 Å². The Morgan fingerprint density at radius 2 is 1.95 bits per heavy atom. The third kappa shape index (κ3) is 4.19. The molecule has 3 rings (SSSR count). The summed E-state index contributed by atoms with van der Waals surface area (Å²) >= 11 is 0. The molecule has 21 heavy (non-hydrogen) atoms. The Kier molecular flexibility index (Phi) is 5.54. The quantitative estimate of drug-likeness (QED) is 0.854. The summed E-state index contributed by atoms with van der Waals surface area (Å²) in [5, 5.41) is 3.43. The maximum absolute atomic E-state index is 6.24. The molecule has 2 aliphatic heterocycles. The molecule has 122 valence electrons. The first kappa shape index (κ1) is 15.7. The van der Waals surface area contributed by atoms with Crippen molar-refractivity contribution in [3.05, 3.63) is 0 Å². The van der Waals surface area contributed by atoms with Crippen LogP contribution in [0.25, 0.3) is 0 Å². The number of hydrogen-bond acceptors (Lipinski definition) is 4. The summed E-state index contributed by atoms with van der Waals surface area (Å²) in [5.74, 6) is 0. The van der Waals surface area contributed by atoms with Gasteiger partial charge in [0.1, 0.15) is 0 Å². The lowest BCUT2D eigenvalue weighted by molar-refractivity contribution is -0.122. The molecule has 0 aromatic rings. The normalized spacial score (nSPS) is 30.9. The number of hydrogen-bond donors (Lipinski definition) is 1. The van der Waals surface area contributed by atoms with E-state index in [0.29, 0.717) is 0 Å². The average molecular weight is 295 g/mol. The summed E-state index contributed by atoms with van der Waals surface area (Å²) in [6.45, 7) is 8.15. The Morgan fingerprint density at radius 1 is 1.19 bits per heavy atom. The predicted octanol–water partition coefficient (Wildman–Crippen LogP) is 1.71. The van der Waals surface area contributed by atoms with E-state index in [1.807, 2.05) is 0 Å². The van der Waals surface area contributed by atoms with E-state index in [-0.39, 0.29) is 5.60 Å². The van der Waals surface area contributed by atoms with Gasteiger partial charge < -0.3 is 15.0 Å². The van der Waals surface area contributed by atoms with Crippen LogP contribution < -0.4 is 5.32 Å². The Hall–Kier alpha value is -0.160. The van der Waals surface area contributed by atoms with Gasteiger partial charge in [0, 0.05) is 51.9 Å². The zero-order chi connectivity index (χ0) is 14.5. The van der Waals surface area contributed by atoms with Gasteiger partial charge in [0.15, 0.2) is 0 Å². The van der Waals surface area contributed by atoms with Gasteiger partial charge in [0.05, 0.1) is 5.60 Å². The number of likely N-dealkylation sites (N-methyl/N-ethyl adjacent to an activating group) is 1. The van der Waals surface area contributed by atoms with E-state index in [1.165, 1.54) is 71.1 Å². The van der Waals surface area contributed by atoms with Gasteiger partial charge in [-0.15, -0.1) is 0 Å². The maximum atomic E-state index is 6.24. The van der Waals surface area contributed by atoms with Crippen LogP contribution in [-0.2, 0) is 4.74 Å². The molecule has 1 spiro atoms. The first-order valence-electron chi connectivity index (χ1n) is 9.05. The highest BCUT2D eigenvalue weighted by Crippen LogP contribution is 2.39. The lowest BCUT2D eigenvalue weighted by Crippen LogP contribution is -2.51. The highest BCUT2D eigenvalue weighted by Gasteiger charge is 2.39. The molecule has 0 aromatic carbocycles. The standard InChI is InChI=1S/C17H33N3O/c1-19(12-13-20-10-8-18-9-11-20)16-5-14-21-17(15-16)6-3-2-4-7-17/h16,18H,2-15H2,1H3. The van der Waals surface area contributed by atoms with Gasteiger partial charge in [-0.3, -0.25) is 4.90 Å². The van der Waals surface area contributed by atoms with Crippen LogP contribution in [0.1, 0.15) is 44.9 Å². The monoisotopic (exact) mass is 295 g/mol. The molecule has 4 nitrogen and oxygen atoms in total. The van der Waals surface area contributed by atoms with Gasteiger partial charge in [-0.25, -0.2) is 0 Å². The second-order valence-electron chi connectivity index (χ2n) is 7.31. The first-order valence-corrected chi connectivity index (χ1v) is 9.05. The van der Waals surface area contributed by atoms with Crippen molar-refractivity contribution in [1.82, 2.24) is 15.1 Å². The van der Waals surface area contributed by atoms with E-state index in [4.69, 9.17) is 4.74 Å². The minimum absolute atomic E-state index is 0.241. The second kappa shape index (κ2) is 7.40. The smallest absolute Gasteiger partial charge is 0.0697 e. The fraction of sp³-hybridized carbons (Fsp3) is 1.00. The van der Waals surface area contributed by atoms with E-state index in [1.54, 1.807) is 0 Å². The molecule has 0 bridgehead atoms. The molecular formula is C17H33N3O. The van der Waals surface area contributed by atoms with Crippen LogP contribution >= 0.6 is 0 Å². The topological polar surface area (TPSA) is 27.7 Å². The van der Waals surface area contributed by atoms with E-state index in [9.17, 15) is 0 Å². The molecule has 2 saturated heterocycles. The van der Waals surface area contributed by atoms with Gasteiger partial charge in [-0.2, -0.15) is 0 Å². The van der Waals surface area contributed by atoms with Gasteiger partial charge in [0.25, 0.3) is 0 Å². The molecular weight excluding hydrogens is 262 g/mol. The number of rotatable bonds is 4. The van der Waals surface area contributed by atoms with Crippen molar-refractivity contribution in [3.8, 4) is 0 Å². The van der Waals surface area contributed by atoms with Crippen molar-refractivity contribution in [3.63, 3.8) is 0 Å². The molecule has 0 amide bonds. The number of piperazine rings is 1. The van der Waals surface area contributed by atoms with Gasteiger partial charge in [0.2, 0.25) is 0 Å². The average Bonchev–Trinajstić information content (AvgIpc) is 2.54. The van der Waals surface area contributed by atoms with Crippen LogP contribution in [0.3, 0.4) is 0 Å². The summed E-state index contributed by atoms with van der Waals surface area (Å²) in [6.07, 6.45) is 9.25. The molecule has 1 unspecified atom stereocenters. The molecule has 3 aliphatic rings. The summed E-state index contributed by atoms with van der Waals surface area (Å²) in [7, 11) is 2.33. The van der Waals surface area contributed by atoms with Crippen molar-refractivity contribution in [2.45, 2.75) is 56.6 Å². The van der Waals surface area contributed by atoms with Crippen LogP contribution in [0.2, 0.25) is 0 Å². The fourth-order valence-electron chi connectivity index (χ4n) is 4.34. The molecule has 1 aliphatic carbocycles. The maximum Gasteiger partial charge on any atom is 0.0697 e. The van der Waals surface area contributed by atoms with E-state index >= 15 is 0 Å². The molecule has 1 saturated carbocycles. The molecule has 3 fully saturated rings.